The second kappa shape index (κ2) is 47.2. The quantitative estimate of drug-likeness (QED) is 0.0438. The molecule has 0 aliphatic carbocycles. The van der Waals surface area contributed by atoms with Crippen molar-refractivity contribution in [1.29, 1.82) is 0 Å². The smallest absolute Gasteiger partial charge is 0.303 e. The fourth-order valence-electron chi connectivity index (χ4n) is 4.58. The number of hydrogen-bond donors (Lipinski definition) is 4. The van der Waals surface area contributed by atoms with E-state index in [1.54, 1.807) is 0 Å². The molecule has 270 valence electrons. The van der Waals surface area contributed by atoms with Crippen LogP contribution in [0.15, 0.2) is 48.6 Å². The summed E-state index contributed by atoms with van der Waals surface area (Å²) in [5.74, 6) is -1.37. The third-order valence-electron chi connectivity index (χ3n) is 7.31. The van der Waals surface area contributed by atoms with Crippen molar-refractivity contribution in [1.82, 2.24) is 0 Å². The Morgan fingerprint density at radius 3 is 1.02 bits per heavy atom. The van der Waals surface area contributed by atoms with Gasteiger partial charge in [-0.25, -0.2) is 0 Å². The fraction of sp³-hybridized carbons (Fsp3) is 0.750. The molecule has 6 heteroatoms. The minimum atomic E-state index is -0.712. The summed E-state index contributed by atoms with van der Waals surface area (Å²) in [7, 11) is 0. The number of aliphatic carboxylic acids is 2. The monoisotopic (exact) mass is 651 g/mol. The molecule has 0 unspecified atom stereocenters. The van der Waals surface area contributed by atoms with Gasteiger partial charge in [-0.2, -0.15) is 0 Å². The summed E-state index contributed by atoms with van der Waals surface area (Å²) in [4.78, 5) is 20.6. The van der Waals surface area contributed by atoms with Gasteiger partial charge in [0.15, 0.2) is 0 Å². The minimum absolute atomic E-state index is 0.125. The van der Waals surface area contributed by atoms with E-state index in [1.165, 1.54) is 109 Å². The summed E-state index contributed by atoms with van der Waals surface area (Å²) < 4.78 is 0. The van der Waals surface area contributed by atoms with Crippen LogP contribution in [0.2, 0.25) is 0 Å². The molecule has 0 fully saturated rings. The molecule has 6 nitrogen and oxygen atoms in total. The van der Waals surface area contributed by atoms with Gasteiger partial charge in [-0.1, -0.05) is 165 Å². The maximum absolute atomic E-state index is 10.3. The Kier molecular flexibility index (Phi) is 49.5. The number of unbranched alkanes of at least 4 members (excludes halogenated alkanes) is 18. The van der Waals surface area contributed by atoms with Crippen LogP contribution in [0, 0.1) is 0 Å². The number of carboxylic acid groups (broad SMARTS) is 2. The van der Waals surface area contributed by atoms with E-state index in [-0.39, 0.29) is 19.6 Å². The molecule has 0 aromatic rings. The average molecular weight is 651 g/mol. The lowest BCUT2D eigenvalue weighted by atomic mass is 10.0. The third-order valence-corrected chi connectivity index (χ3v) is 7.31. The van der Waals surface area contributed by atoms with Crippen molar-refractivity contribution >= 4 is 11.9 Å². The van der Waals surface area contributed by atoms with Crippen LogP contribution in [-0.4, -0.2) is 45.6 Å². The standard InChI is InChI=1S/C20H32O2.C18H36O2.C2H6O2/c1-2-3-4-5-6-7-8-9-10-11-12-13-14-15-16-17-18-19-20(21)22;1-2-3-4-5-6-7-8-9-10-11-12-13-14-15-16-17-18(19)20;3-1-2-4/h6-7,9-10,12-13,15-16H,2-5,8,11,14,17-19H2,1H3,(H,21,22);2-17H2,1H3,(H,19,20);3-4H,1-2H2/b7-6-,10-9-,13-12-,16-15-;;. The van der Waals surface area contributed by atoms with Gasteiger partial charge in [-0.3, -0.25) is 9.59 Å². The fourth-order valence-corrected chi connectivity index (χ4v) is 4.58. The minimum Gasteiger partial charge on any atom is -0.481 e. The van der Waals surface area contributed by atoms with Gasteiger partial charge in [0.1, 0.15) is 0 Å². The average Bonchev–Trinajstić information content (AvgIpc) is 3.04. The Hall–Kier alpha value is -2.18. The highest BCUT2D eigenvalue weighted by atomic mass is 16.4. The van der Waals surface area contributed by atoms with Gasteiger partial charge < -0.3 is 20.4 Å². The number of aliphatic hydroxyl groups is 2. The molecule has 0 aliphatic rings. The highest BCUT2D eigenvalue weighted by molar-refractivity contribution is 5.66. The molecule has 0 aromatic carbocycles. The maximum Gasteiger partial charge on any atom is 0.303 e. The SMILES string of the molecule is CCCCC/C=C\C/C=C\C/C=C\C/C=C\CCCC(=O)O.CCCCCCCCCCCCCCCCCC(=O)O.OCCO. The molecule has 46 heavy (non-hydrogen) atoms. The summed E-state index contributed by atoms with van der Waals surface area (Å²) in [5.41, 5.74) is 0. The van der Waals surface area contributed by atoms with Crippen molar-refractivity contribution in [2.75, 3.05) is 13.2 Å². The number of aliphatic hydroxyl groups excluding tert-OH is 2. The largest absolute Gasteiger partial charge is 0.481 e. The maximum atomic E-state index is 10.3. The highest BCUT2D eigenvalue weighted by Gasteiger charge is 1.97. The van der Waals surface area contributed by atoms with E-state index < -0.39 is 11.9 Å². The number of rotatable bonds is 31. The zero-order valence-electron chi connectivity index (χ0n) is 30.0. The lowest BCUT2D eigenvalue weighted by Crippen LogP contribution is -1.93. The Balaban J connectivity index is -0.000000721. The number of hydrogen-bond acceptors (Lipinski definition) is 4. The van der Waals surface area contributed by atoms with Crippen LogP contribution in [0.1, 0.15) is 181 Å². The Morgan fingerprint density at radius 2 is 0.674 bits per heavy atom. The highest BCUT2D eigenvalue weighted by Crippen LogP contribution is 2.13. The molecule has 0 aromatic heterocycles. The van der Waals surface area contributed by atoms with E-state index >= 15 is 0 Å². The van der Waals surface area contributed by atoms with Crippen LogP contribution in [0.5, 0.6) is 0 Å². The number of carbonyl (C=O) groups is 2. The van der Waals surface area contributed by atoms with Crippen LogP contribution < -0.4 is 0 Å². The first-order valence-corrected chi connectivity index (χ1v) is 18.7. The van der Waals surface area contributed by atoms with Crippen LogP contribution in [-0.2, 0) is 9.59 Å². The van der Waals surface area contributed by atoms with E-state index in [0.717, 1.165) is 44.9 Å². The summed E-state index contributed by atoms with van der Waals surface area (Å²) in [6.07, 6.45) is 47.5. The third kappa shape index (κ3) is 57.5. The van der Waals surface area contributed by atoms with Crippen molar-refractivity contribution in [2.24, 2.45) is 0 Å². The molecule has 0 saturated heterocycles. The molecule has 0 bridgehead atoms. The molecule has 4 N–H and O–H groups in total. The van der Waals surface area contributed by atoms with Crippen LogP contribution in [0.3, 0.4) is 0 Å². The molecule has 0 spiro atoms. The van der Waals surface area contributed by atoms with Gasteiger partial charge in [0.05, 0.1) is 13.2 Å². The first-order chi connectivity index (χ1) is 22.5. The van der Waals surface area contributed by atoms with Gasteiger partial charge in [0.2, 0.25) is 0 Å². The van der Waals surface area contributed by atoms with Gasteiger partial charge >= 0.3 is 11.9 Å². The van der Waals surface area contributed by atoms with Crippen molar-refractivity contribution < 1.29 is 30.0 Å². The molecule has 0 atom stereocenters. The van der Waals surface area contributed by atoms with Crippen molar-refractivity contribution in [3.63, 3.8) is 0 Å². The van der Waals surface area contributed by atoms with Crippen molar-refractivity contribution in [3.05, 3.63) is 48.6 Å². The molecule has 0 heterocycles. The van der Waals surface area contributed by atoms with E-state index in [1.807, 2.05) is 0 Å². The van der Waals surface area contributed by atoms with E-state index in [0.29, 0.717) is 6.42 Å². The number of carboxylic acids is 2. The lowest BCUT2D eigenvalue weighted by Gasteiger charge is -2.03. The second-order valence-corrected chi connectivity index (χ2v) is 11.9. The zero-order chi connectivity index (χ0) is 34.6. The van der Waals surface area contributed by atoms with Crippen molar-refractivity contribution in [2.45, 2.75) is 181 Å². The Morgan fingerprint density at radius 1 is 0.391 bits per heavy atom. The molecule has 0 saturated carbocycles. The van der Waals surface area contributed by atoms with E-state index in [9.17, 15) is 9.59 Å². The van der Waals surface area contributed by atoms with Crippen LogP contribution >= 0.6 is 0 Å². The van der Waals surface area contributed by atoms with Gasteiger partial charge in [-0.05, 0) is 51.4 Å². The first-order valence-electron chi connectivity index (χ1n) is 18.7. The lowest BCUT2D eigenvalue weighted by molar-refractivity contribution is -0.138. The predicted octanol–water partition coefficient (Wildman–Crippen LogP) is 11.5. The molecule has 0 aliphatic heterocycles. The Labute approximate surface area is 284 Å². The van der Waals surface area contributed by atoms with Gasteiger partial charge in [0.25, 0.3) is 0 Å². The summed E-state index contributed by atoms with van der Waals surface area (Å²) in [5, 5.41) is 32.3. The first kappa shape index (κ1) is 48.2. The van der Waals surface area contributed by atoms with Crippen LogP contribution in [0.4, 0.5) is 0 Å². The van der Waals surface area contributed by atoms with Crippen molar-refractivity contribution in [3.8, 4) is 0 Å². The molecular formula is C40H74O6. The summed E-state index contributed by atoms with van der Waals surface area (Å²) >= 11 is 0. The summed E-state index contributed by atoms with van der Waals surface area (Å²) in [6.45, 7) is 4.25. The molecule has 0 amide bonds. The van der Waals surface area contributed by atoms with E-state index in [4.69, 9.17) is 20.4 Å². The topological polar surface area (TPSA) is 115 Å². The predicted molar refractivity (Wildman–Crippen MR) is 197 cm³/mol. The Bertz CT molecular complexity index is 709. The van der Waals surface area contributed by atoms with E-state index in [2.05, 4.69) is 62.5 Å². The van der Waals surface area contributed by atoms with Gasteiger partial charge in [0, 0.05) is 12.8 Å². The normalized spacial score (nSPS) is 11.3. The molecular weight excluding hydrogens is 576 g/mol. The summed E-state index contributed by atoms with van der Waals surface area (Å²) in [6, 6.07) is 0. The molecule has 0 radical (unpaired) electrons. The van der Waals surface area contributed by atoms with Gasteiger partial charge in [-0.15, -0.1) is 0 Å². The van der Waals surface area contributed by atoms with Crippen LogP contribution in [0.25, 0.3) is 0 Å². The zero-order valence-corrected chi connectivity index (χ0v) is 30.0. The molecule has 0 rings (SSSR count). The number of allylic oxidation sites excluding steroid dienone is 8. The second-order valence-electron chi connectivity index (χ2n) is 11.9.